The Bertz CT molecular complexity index is 1460. The van der Waals surface area contributed by atoms with Crippen molar-refractivity contribution in [2.75, 3.05) is 12.4 Å². The van der Waals surface area contributed by atoms with Gasteiger partial charge in [0.1, 0.15) is 16.7 Å². The zero-order valence-electron chi connectivity index (χ0n) is 19.9. The summed E-state index contributed by atoms with van der Waals surface area (Å²) in [4.78, 5) is 29.4. The summed E-state index contributed by atoms with van der Waals surface area (Å²) in [5.74, 6) is 0.465. The predicted molar refractivity (Wildman–Crippen MR) is 139 cm³/mol. The molecule has 0 bridgehead atoms. The lowest BCUT2D eigenvalue weighted by Gasteiger charge is -2.09. The minimum absolute atomic E-state index is 0.0827. The van der Waals surface area contributed by atoms with E-state index in [1.807, 2.05) is 30.3 Å². The number of phenols is 1. The van der Waals surface area contributed by atoms with Gasteiger partial charge in [-0.05, 0) is 60.9 Å². The summed E-state index contributed by atoms with van der Waals surface area (Å²) in [6.45, 7) is 0.336. The smallest absolute Gasteiger partial charge is 0.342 e. The SMILES string of the molecule is COc1ccc(CNC(=O)n2nc(-c3ccc(NC(=O)c4cccnc4Cl)cc3O)cc2C2CC2)cc1. The second-order valence-corrected chi connectivity index (χ2v) is 9.03. The number of anilines is 1. The number of hydrogen-bond acceptors (Lipinski definition) is 6. The molecule has 5 rings (SSSR count). The van der Waals surface area contributed by atoms with E-state index in [9.17, 15) is 14.7 Å². The van der Waals surface area contributed by atoms with Gasteiger partial charge in [-0.2, -0.15) is 9.78 Å². The van der Waals surface area contributed by atoms with Crippen molar-refractivity contribution in [1.29, 1.82) is 0 Å². The van der Waals surface area contributed by atoms with Crippen molar-refractivity contribution in [2.24, 2.45) is 0 Å². The fraction of sp³-hybridized carbons (Fsp3) is 0.185. The molecular formula is C27H24ClN5O4. The largest absolute Gasteiger partial charge is 0.507 e. The first-order chi connectivity index (χ1) is 17.9. The van der Waals surface area contributed by atoms with Crippen LogP contribution in [-0.2, 0) is 6.54 Å². The third-order valence-corrected chi connectivity index (χ3v) is 6.36. The third-order valence-electron chi connectivity index (χ3n) is 6.06. The Morgan fingerprint density at radius 2 is 1.92 bits per heavy atom. The third kappa shape index (κ3) is 5.41. The van der Waals surface area contributed by atoms with E-state index in [-0.39, 0.29) is 28.4 Å². The molecule has 2 aromatic heterocycles. The number of carbonyl (C=O) groups excluding carboxylic acids is 2. The molecule has 1 aliphatic rings. The van der Waals surface area contributed by atoms with Gasteiger partial charge >= 0.3 is 6.03 Å². The normalized spacial score (nSPS) is 12.7. The first-order valence-corrected chi connectivity index (χ1v) is 12.1. The molecule has 2 heterocycles. The molecule has 9 nitrogen and oxygen atoms in total. The molecule has 2 aromatic carbocycles. The molecule has 0 spiro atoms. The number of ether oxygens (including phenoxy) is 1. The summed E-state index contributed by atoms with van der Waals surface area (Å²) < 4.78 is 6.54. The Balaban J connectivity index is 1.33. The van der Waals surface area contributed by atoms with E-state index in [0.29, 0.717) is 23.5 Å². The van der Waals surface area contributed by atoms with Crippen LogP contribution in [-0.4, -0.2) is 38.9 Å². The molecule has 10 heteroatoms. The lowest BCUT2D eigenvalue weighted by atomic mass is 10.1. The molecule has 0 radical (unpaired) electrons. The highest BCUT2D eigenvalue weighted by atomic mass is 35.5. The van der Waals surface area contributed by atoms with E-state index in [1.54, 1.807) is 31.4 Å². The molecule has 2 amide bonds. The second kappa shape index (κ2) is 10.3. The van der Waals surface area contributed by atoms with Crippen LogP contribution < -0.4 is 15.4 Å². The number of carbonyl (C=O) groups is 2. The van der Waals surface area contributed by atoms with Crippen molar-refractivity contribution in [3.8, 4) is 22.8 Å². The van der Waals surface area contributed by atoms with Gasteiger partial charge in [0.2, 0.25) is 0 Å². The number of pyridine rings is 1. The Morgan fingerprint density at radius 3 is 2.59 bits per heavy atom. The summed E-state index contributed by atoms with van der Waals surface area (Å²) in [6.07, 6.45) is 3.45. The van der Waals surface area contributed by atoms with E-state index in [1.165, 1.54) is 16.9 Å². The summed E-state index contributed by atoms with van der Waals surface area (Å²) in [5, 5.41) is 20.9. The number of methoxy groups -OCH3 is 1. The summed E-state index contributed by atoms with van der Waals surface area (Å²) in [5.41, 5.74) is 3.24. The van der Waals surface area contributed by atoms with E-state index in [0.717, 1.165) is 29.8 Å². The summed E-state index contributed by atoms with van der Waals surface area (Å²) in [7, 11) is 1.60. The van der Waals surface area contributed by atoms with Gasteiger partial charge in [0.15, 0.2) is 0 Å². The molecule has 1 aliphatic carbocycles. The molecule has 0 saturated heterocycles. The molecule has 1 fully saturated rings. The first kappa shape index (κ1) is 24.3. The fourth-order valence-electron chi connectivity index (χ4n) is 3.94. The van der Waals surface area contributed by atoms with Crippen molar-refractivity contribution in [2.45, 2.75) is 25.3 Å². The number of aromatic nitrogens is 3. The Morgan fingerprint density at radius 1 is 1.14 bits per heavy atom. The number of amides is 2. The Hall–Kier alpha value is -4.37. The molecule has 37 heavy (non-hydrogen) atoms. The fourth-order valence-corrected chi connectivity index (χ4v) is 4.14. The van der Waals surface area contributed by atoms with E-state index < -0.39 is 5.91 Å². The number of phenolic OH excluding ortho intramolecular Hbond substituents is 1. The summed E-state index contributed by atoms with van der Waals surface area (Å²) >= 11 is 6.00. The number of aromatic hydroxyl groups is 1. The number of halogens is 1. The van der Waals surface area contributed by atoms with Crippen molar-refractivity contribution in [3.05, 3.63) is 88.8 Å². The minimum atomic E-state index is -0.445. The number of hydrogen-bond donors (Lipinski definition) is 3. The maximum absolute atomic E-state index is 13.0. The number of nitrogens with one attached hydrogen (secondary N) is 2. The van der Waals surface area contributed by atoms with Gasteiger partial charge < -0.3 is 20.5 Å². The van der Waals surface area contributed by atoms with Crippen molar-refractivity contribution in [3.63, 3.8) is 0 Å². The molecule has 1 saturated carbocycles. The quantitative estimate of drug-likeness (QED) is 0.290. The van der Waals surface area contributed by atoms with Gasteiger partial charge in [-0.25, -0.2) is 9.78 Å². The van der Waals surface area contributed by atoms with Crippen molar-refractivity contribution in [1.82, 2.24) is 20.1 Å². The molecule has 188 valence electrons. The molecule has 0 aliphatic heterocycles. The molecule has 4 aromatic rings. The Kier molecular flexibility index (Phi) is 6.78. The van der Waals surface area contributed by atoms with Crippen molar-refractivity contribution >= 4 is 29.2 Å². The molecule has 0 atom stereocenters. The Labute approximate surface area is 218 Å². The van der Waals surface area contributed by atoms with E-state index >= 15 is 0 Å². The highest BCUT2D eigenvalue weighted by molar-refractivity contribution is 6.33. The molecule has 0 unspecified atom stereocenters. The average Bonchev–Trinajstić information content (AvgIpc) is 3.66. The lowest BCUT2D eigenvalue weighted by Crippen LogP contribution is -2.30. The zero-order valence-corrected chi connectivity index (χ0v) is 20.7. The van der Waals surface area contributed by atoms with Gasteiger partial charge in [0, 0.05) is 36.0 Å². The maximum atomic E-state index is 13.0. The van der Waals surface area contributed by atoms with Crippen molar-refractivity contribution < 1.29 is 19.4 Å². The second-order valence-electron chi connectivity index (χ2n) is 8.68. The molecular weight excluding hydrogens is 494 g/mol. The topological polar surface area (TPSA) is 118 Å². The van der Waals surface area contributed by atoms with Crippen LogP contribution in [0.2, 0.25) is 5.15 Å². The van der Waals surface area contributed by atoms with Crippen LogP contribution >= 0.6 is 11.6 Å². The monoisotopic (exact) mass is 517 g/mol. The standard InChI is InChI=1S/C27H24ClN5O4/c1-37-19-9-4-16(5-10-19)15-30-27(36)33-23(17-6-7-17)14-22(32-33)20-11-8-18(13-24(20)34)31-26(35)21-3-2-12-29-25(21)28/h2-5,8-14,17,34H,6-7,15H2,1H3,(H,30,36)(H,31,35). The highest BCUT2D eigenvalue weighted by Crippen LogP contribution is 2.42. The molecule has 3 N–H and O–H groups in total. The van der Waals surface area contributed by atoms with Crippen LogP contribution in [0.25, 0.3) is 11.3 Å². The van der Waals surface area contributed by atoms with Crippen LogP contribution in [0.5, 0.6) is 11.5 Å². The number of benzene rings is 2. The average molecular weight is 518 g/mol. The van der Waals surface area contributed by atoms with Crippen LogP contribution in [0.1, 0.15) is 40.4 Å². The number of rotatable bonds is 7. The highest BCUT2D eigenvalue weighted by Gasteiger charge is 2.30. The van der Waals surface area contributed by atoms with Gasteiger partial charge in [-0.1, -0.05) is 23.7 Å². The van der Waals surface area contributed by atoms with Crippen LogP contribution in [0.15, 0.2) is 66.9 Å². The van der Waals surface area contributed by atoms with E-state index in [4.69, 9.17) is 16.3 Å². The lowest BCUT2D eigenvalue weighted by molar-refractivity contribution is 0.102. The first-order valence-electron chi connectivity index (χ1n) is 11.7. The van der Waals surface area contributed by atoms with Gasteiger partial charge in [-0.15, -0.1) is 0 Å². The zero-order chi connectivity index (χ0) is 25.9. The minimum Gasteiger partial charge on any atom is -0.507 e. The maximum Gasteiger partial charge on any atom is 0.342 e. The van der Waals surface area contributed by atoms with Gasteiger partial charge in [-0.3, -0.25) is 4.79 Å². The van der Waals surface area contributed by atoms with Gasteiger partial charge in [0.05, 0.1) is 24.1 Å². The van der Waals surface area contributed by atoms with E-state index in [2.05, 4.69) is 20.7 Å². The van der Waals surface area contributed by atoms with Crippen LogP contribution in [0.3, 0.4) is 0 Å². The predicted octanol–water partition coefficient (Wildman–Crippen LogP) is 5.20. The van der Waals surface area contributed by atoms with Gasteiger partial charge in [0.25, 0.3) is 5.91 Å². The summed E-state index contributed by atoms with van der Waals surface area (Å²) in [6, 6.07) is 16.8. The van der Waals surface area contributed by atoms with Crippen LogP contribution in [0.4, 0.5) is 10.5 Å². The van der Waals surface area contributed by atoms with Crippen LogP contribution in [0, 0.1) is 0 Å². The number of nitrogens with zero attached hydrogens (tertiary/aromatic N) is 3.